The third kappa shape index (κ3) is 11.3. The van der Waals surface area contributed by atoms with Gasteiger partial charge in [0, 0.05) is 5.56 Å². The van der Waals surface area contributed by atoms with Gasteiger partial charge in [0.15, 0.2) is 0 Å². The summed E-state index contributed by atoms with van der Waals surface area (Å²) >= 11 is 17.3. The lowest BCUT2D eigenvalue weighted by molar-refractivity contribution is -0.140. The van der Waals surface area contributed by atoms with E-state index in [1.54, 1.807) is 5.43 Å². The Labute approximate surface area is 274 Å². The number of hydrogen-bond donors (Lipinski definition) is 2. The normalized spacial score (nSPS) is 14.0. The molecule has 0 aliphatic carbocycles. The van der Waals surface area contributed by atoms with Crippen molar-refractivity contribution in [2.75, 3.05) is 6.54 Å². The van der Waals surface area contributed by atoms with E-state index < -0.39 is 99.2 Å². The van der Waals surface area contributed by atoms with Crippen molar-refractivity contribution < 1.29 is 63.0 Å². The molecule has 0 spiro atoms. The fourth-order valence-corrected chi connectivity index (χ4v) is 4.23. The number of amides is 3. The fraction of sp³-hybridized carbons (Fsp3) is 0.370. The molecule has 2 N–H and O–H groups in total. The Morgan fingerprint density at radius 3 is 1.96 bits per heavy atom. The van der Waals surface area contributed by atoms with E-state index >= 15 is 4.39 Å². The highest BCUT2D eigenvalue weighted by molar-refractivity contribution is 6.48. The molecule has 2 atom stereocenters. The Balaban J connectivity index is 2.62. The first kappa shape index (κ1) is 39.7. The van der Waals surface area contributed by atoms with Crippen LogP contribution >= 0.6 is 34.8 Å². The lowest BCUT2D eigenvalue weighted by Crippen LogP contribution is -2.53. The highest BCUT2D eigenvalue weighted by Crippen LogP contribution is 2.43. The van der Waals surface area contributed by atoms with Crippen molar-refractivity contribution in [3.05, 3.63) is 73.7 Å². The molecular weight excluding hydrogens is 727 g/mol. The molecule has 0 bridgehead atoms. The predicted molar refractivity (Wildman–Crippen MR) is 150 cm³/mol. The minimum absolute atomic E-state index is 0.0333. The number of allylic oxidation sites excluding steroid dienone is 1. The summed E-state index contributed by atoms with van der Waals surface area (Å²) in [6.45, 7) is 2.48. The number of nitrogens with one attached hydrogen (secondary N) is 2. The van der Waals surface area contributed by atoms with Crippen LogP contribution in [-0.4, -0.2) is 54.0 Å². The molecule has 260 valence electrons. The van der Waals surface area contributed by atoms with Gasteiger partial charge in [0.2, 0.25) is 12.2 Å². The summed E-state index contributed by atoms with van der Waals surface area (Å²) < 4.78 is 142. The number of ether oxygens (including phenoxy) is 1. The minimum Gasteiger partial charge on any atom is -0.443 e. The third-order valence-electron chi connectivity index (χ3n) is 5.55. The number of carbonyl (C=O) groups is 3. The smallest absolute Gasteiger partial charge is 0.426 e. The van der Waals surface area contributed by atoms with Crippen molar-refractivity contribution in [2.24, 2.45) is 0 Å². The van der Waals surface area contributed by atoms with Crippen LogP contribution in [0.4, 0.5) is 48.7 Å². The van der Waals surface area contributed by atoms with Crippen LogP contribution in [0.25, 0.3) is 5.83 Å². The van der Waals surface area contributed by atoms with E-state index in [0.717, 1.165) is 17.4 Å². The largest absolute Gasteiger partial charge is 0.443 e. The van der Waals surface area contributed by atoms with Crippen LogP contribution in [0.1, 0.15) is 53.7 Å². The fourth-order valence-electron chi connectivity index (χ4n) is 3.62. The van der Waals surface area contributed by atoms with Gasteiger partial charge in [0.1, 0.15) is 23.9 Å². The average Bonchev–Trinajstić information content (AvgIpc) is 2.90. The number of halogens is 13. The SMILES string of the molecule is CC(C)(C)OC(=O)NN(CC(=O)NC(F)C(F)F)C(=O)c1ccc(C(F)=CC(c2cc(Cl)c(Cl)c(Cl)c2)C(F)(F)F)cc1C(F)(F)F. The van der Waals surface area contributed by atoms with Crippen molar-refractivity contribution >= 4 is 58.5 Å². The van der Waals surface area contributed by atoms with E-state index in [0.29, 0.717) is 12.1 Å². The van der Waals surface area contributed by atoms with Gasteiger partial charge in [-0.3, -0.25) is 9.59 Å². The predicted octanol–water partition coefficient (Wildman–Crippen LogP) is 8.88. The molecule has 0 saturated carbocycles. The van der Waals surface area contributed by atoms with Crippen molar-refractivity contribution in [2.45, 2.75) is 57.4 Å². The first-order valence-corrected chi connectivity index (χ1v) is 13.8. The molecule has 47 heavy (non-hydrogen) atoms. The van der Waals surface area contributed by atoms with Crippen LogP contribution in [0.15, 0.2) is 36.4 Å². The quantitative estimate of drug-likeness (QED) is 0.122. The molecule has 3 amide bonds. The molecule has 2 aromatic carbocycles. The lowest BCUT2D eigenvalue weighted by Gasteiger charge is -2.27. The van der Waals surface area contributed by atoms with Gasteiger partial charge in [0.05, 0.1) is 26.2 Å². The molecule has 7 nitrogen and oxygen atoms in total. The van der Waals surface area contributed by atoms with Crippen molar-refractivity contribution in [1.29, 1.82) is 0 Å². The van der Waals surface area contributed by atoms with Crippen LogP contribution in [0.2, 0.25) is 15.1 Å². The maximum Gasteiger partial charge on any atom is 0.426 e. The van der Waals surface area contributed by atoms with E-state index in [2.05, 4.69) is 0 Å². The highest BCUT2D eigenvalue weighted by Gasteiger charge is 2.41. The van der Waals surface area contributed by atoms with E-state index in [-0.39, 0.29) is 22.2 Å². The minimum atomic E-state index is -5.51. The summed E-state index contributed by atoms with van der Waals surface area (Å²) in [5, 5.41) is -0.198. The third-order valence-corrected chi connectivity index (χ3v) is 6.75. The van der Waals surface area contributed by atoms with Crippen LogP contribution in [0.3, 0.4) is 0 Å². The van der Waals surface area contributed by atoms with Gasteiger partial charge in [-0.25, -0.2) is 32.8 Å². The van der Waals surface area contributed by atoms with Crippen molar-refractivity contribution in [3.63, 3.8) is 0 Å². The van der Waals surface area contributed by atoms with Crippen LogP contribution in [0, 0.1) is 0 Å². The lowest BCUT2D eigenvalue weighted by atomic mass is 9.95. The topological polar surface area (TPSA) is 87.7 Å². The molecule has 2 unspecified atom stereocenters. The molecule has 0 aromatic heterocycles. The van der Waals surface area contributed by atoms with Gasteiger partial charge in [-0.05, 0) is 56.7 Å². The Morgan fingerprint density at radius 1 is 0.936 bits per heavy atom. The van der Waals surface area contributed by atoms with E-state index in [9.17, 15) is 53.9 Å². The second-order valence-corrected chi connectivity index (χ2v) is 11.6. The summed E-state index contributed by atoms with van der Waals surface area (Å²) in [5.41, 5.74) is -4.81. The zero-order valence-electron chi connectivity index (χ0n) is 23.9. The van der Waals surface area contributed by atoms with Gasteiger partial charge < -0.3 is 10.1 Å². The maximum atomic E-state index is 15.2. The first-order valence-electron chi connectivity index (χ1n) is 12.6. The van der Waals surface area contributed by atoms with Crippen LogP contribution in [0.5, 0.6) is 0 Å². The number of benzene rings is 2. The highest BCUT2D eigenvalue weighted by atomic mass is 35.5. The van der Waals surface area contributed by atoms with E-state index in [1.165, 1.54) is 20.8 Å². The van der Waals surface area contributed by atoms with Gasteiger partial charge >= 0.3 is 18.4 Å². The van der Waals surface area contributed by atoms with E-state index in [1.807, 2.05) is 0 Å². The number of hydrogen-bond acceptors (Lipinski definition) is 4. The second-order valence-electron chi connectivity index (χ2n) is 10.4. The molecule has 0 aliphatic heterocycles. The van der Waals surface area contributed by atoms with Crippen LogP contribution < -0.4 is 10.7 Å². The summed E-state index contributed by atoms with van der Waals surface area (Å²) in [4.78, 5) is 37.5. The van der Waals surface area contributed by atoms with Crippen LogP contribution in [-0.2, 0) is 15.7 Å². The molecule has 0 saturated heterocycles. The number of hydrazine groups is 1. The molecule has 20 heteroatoms. The zero-order valence-corrected chi connectivity index (χ0v) is 26.2. The molecule has 0 heterocycles. The molecule has 2 rings (SSSR count). The Bertz CT molecular complexity index is 1510. The first-order chi connectivity index (χ1) is 21.3. The monoisotopic (exact) mass is 747 g/mol. The molecule has 0 aliphatic rings. The van der Waals surface area contributed by atoms with Crippen molar-refractivity contribution in [3.8, 4) is 0 Å². The average molecular weight is 749 g/mol. The number of rotatable bonds is 8. The summed E-state index contributed by atoms with van der Waals surface area (Å²) in [5.74, 6) is -8.21. The number of nitrogens with zero attached hydrogens (tertiary/aromatic N) is 1. The maximum absolute atomic E-state index is 15.2. The van der Waals surface area contributed by atoms with Gasteiger partial charge in [-0.2, -0.15) is 26.3 Å². The molecule has 0 fully saturated rings. The molecule has 0 radical (unpaired) electrons. The number of carbonyl (C=O) groups excluding carboxylic acids is 3. The number of alkyl halides is 9. The standard InChI is InChI=1S/C27H22Cl3F10N3O4/c1-25(2,3)47-24(46)42-43(10-19(44)41-22(34)21(32)33)23(45)13-5-4-11(6-15(13)27(38,39)40)18(31)9-14(26(35,36)37)12-7-16(28)20(30)17(29)8-12/h4-9,14,21-22H,10H2,1-3H3,(H,41,44)(H,42,46). The molecule has 2 aromatic rings. The molecular formula is C27H22Cl3F10N3O4. The Hall–Kier alpha value is -3.44. The Kier molecular flexibility index (Phi) is 12.8. The Morgan fingerprint density at radius 2 is 1.49 bits per heavy atom. The van der Waals surface area contributed by atoms with Gasteiger partial charge in [0.25, 0.3) is 12.3 Å². The summed E-state index contributed by atoms with van der Waals surface area (Å²) in [6, 6.07) is 2.19. The van der Waals surface area contributed by atoms with Gasteiger partial charge in [-0.15, -0.1) is 0 Å². The van der Waals surface area contributed by atoms with Crippen molar-refractivity contribution in [1.82, 2.24) is 15.8 Å². The van der Waals surface area contributed by atoms with E-state index in [4.69, 9.17) is 39.5 Å². The summed E-state index contributed by atoms with van der Waals surface area (Å²) in [6.07, 6.45) is -19.3. The van der Waals surface area contributed by atoms with Gasteiger partial charge in [-0.1, -0.05) is 40.9 Å². The second kappa shape index (κ2) is 15.2. The summed E-state index contributed by atoms with van der Waals surface area (Å²) in [7, 11) is 0. The zero-order chi connectivity index (χ0) is 36.2.